The Labute approximate surface area is 112 Å². The van der Waals surface area contributed by atoms with Gasteiger partial charge in [0.2, 0.25) is 0 Å². The molecule has 1 saturated carbocycles. The number of hydrogen-bond donors (Lipinski definition) is 0. The van der Waals surface area contributed by atoms with Crippen molar-refractivity contribution in [3.8, 4) is 0 Å². The number of aromatic nitrogens is 4. The first-order valence-corrected chi connectivity index (χ1v) is 7.00. The van der Waals surface area contributed by atoms with E-state index in [9.17, 15) is 4.79 Å². The quantitative estimate of drug-likeness (QED) is 0.846. The van der Waals surface area contributed by atoms with Crippen LogP contribution in [0.4, 0.5) is 0 Å². The summed E-state index contributed by atoms with van der Waals surface area (Å²) in [7, 11) is 1.76. The normalized spacial score (nSPS) is 16.9. The van der Waals surface area contributed by atoms with Gasteiger partial charge < -0.3 is 4.57 Å². The van der Waals surface area contributed by atoms with E-state index in [4.69, 9.17) is 0 Å². The van der Waals surface area contributed by atoms with E-state index in [1.165, 1.54) is 32.1 Å². The molecule has 2 aromatic rings. The van der Waals surface area contributed by atoms with Crippen LogP contribution in [0.15, 0.2) is 29.5 Å². The molecule has 5 nitrogen and oxygen atoms in total. The molecule has 0 atom stereocenters. The Morgan fingerprint density at radius 3 is 2.68 bits per heavy atom. The van der Waals surface area contributed by atoms with Crippen LogP contribution in [0.5, 0.6) is 0 Å². The average molecular weight is 260 g/mol. The van der Waals surface area contributed by atoms with Crippen LogP contribution < -0.4 is 5.69 Å². The number of imidazole rings is 1. The topological polar surface area (TPSA) is 44.8 Å². The van der Waals surface area contributed by atoms with E-state index in [2.05, 4.69) is 16.0 Å². The maximum absolute atomic E-state index is 11.8. The molecule has 2 heterocycles. The maximum Gasteiger partial charge on any atom is 0.328 e. The van der Waals surface area contributed by atoms with Crippen molar-refractivity contribution in [2.24, 2.45) is 7.05 Å². The first-order valence-electron chi connectivity index (χ1n) is 7.00. The molecule has 3 rings (SSSR count). The van der Waals surface area contributed by atoms with E-state index < -0.39 is 0 Å². The third-order valence-electron chi connectivity index (χ3n) is 3.96. The smallest absolute Gasteiger partial charge is 0.302 e. The van der Waals surface area contributed by atoms with Gasteiger partial charge in [-0.2, -0.15) is 5.10 Å². The molecular formula is C14H20N4O. The fourth-order valence-corrected chi connectivity index (χ4v) is 2.82. The third kappa shape index (κ3) is 2.50. The minimum atomic E-state index is 0.00668. The number of rotatable bonds is 3. The van der Waals surface area contributed by atoms with Gasteiger partial charge in [-0.05, 0) is 18.9 Å². The molecule has 0 radical (unpaired) electrons. The fraction of sp³-hybridized carbons (Fsp3) is 0.571. The highest BCUT2D eigenvalue weighted by Gasteiger charge is 2.16. The van der Waals surface area contributed by atoms with Crippen LogP contribution in [0.2, 0.25) is 0 Å². The zero-order chi connectivity index (χ0) is 13.2. The second-order valence-corrected chi connectivity index (χ2v) is 5.40. The number of hydrogen-bond acceptors (Lipinski definition) is 2. The lowest BCUT2D eigenvalue weighted by Crippen LogP contribution is -2.22. The lowest BCUT2D eigenvalue weighted by atomic mass is 9.96. The molecule has 19 heavy (non-hydrogen) atoms. The monoisotopic (exact) mass is 260 g/mol. The van der Waals surface area contributed by atoms with E-state index >= 15 is 0 Å². The Morgan fingerprint density at radius 2 is 2.00 bits per heavy atom. The summed E-state index contributed by atoms with van der Waals surface area (Å²) in [4.78, 5) is 11.8. The van der Waals surface area contributed by atoms with Gasteiger partial charge in [-0.15, -0.1) is 0 Å². The molecule has 1 aliphatic carbocycles. The molecule has 0 saturated heterocycles. The predicted octanol–water partition coefficient (Wildman–Crippen LogP) is 1.94. The molecule has 0 amide bonds. The summed E-state index contributed by atoms with van der Waals surface area (Å²) in [5.41, 5.74) is 0.964. The molecule has 102 valence electrons. The molecule has 1 fully saturated rings. The van der Waals surface area contributed by atoms with Crippen molar-refractivity contribution < 1.29 is 0 Å². The van der Waals surface area contributed by atoms with Gasteiger partial charge in [0.1, 0.15) is 0 Å². The standard InChI is InChI=1S/C14H20N4O/c1-16-9-10-17(14(16)19)11-12-7-8-18(15-12)13-5-3-2-4-6-13/h7-10,13H,2-6,11H2,1H3. The van der Waals surface area contributed by atoms with Crippen LogP contribution in [0, 0.1) is 0 Å². The molecule has 2 aromatic heterocycles. The summed E-state index contributed by atoms with van der Waals surface area (Å²) >= 11 is 0. The van der Waals surface area contributed by atoms with Gasteiger partial charge in [0.05, 0.1) is 18.3 Å². The number of aryl methyl sites for hydroxylation is 1. The van der Waals surface area contributed by atoms with E-state index in [0.717, 1.165) is 5.69 Å². The zero-order valence-electron chi connectivity index (χ0n) is 11.3. The van der Waals surface area contributed by atoms with Gasteiger partial charge in [0.15, 0.2) is 0 Å². The van der Waals surface area contributed by atoms with Crippen LogP contribution in [-0.2, 0) is 13.6 Å². The molecule has 0 unspecified atom stereocenters. The first kappa shape index (κ1) is 12.3. The van der Waals surface area contributed by atoms with Crippen LogP contribution in [-0.4, -0.2) is 18.9 Å². The lowest BCUT2D eigenvalue weighted by molar-refractivity contribution is 0.328. The van der Waals surface area contributed by atoms with Gasteiger partial charge >= 0.3 is 5.69 Å². The average Bonchev–Trinajstić information content (AvgIpc) is 3.02. The molecule has 0 aromatic carbocycles. The zero-order valence-corrected chi connectivity index (χ0v) is 11.3. The van der Waals surface area contributed by atoms with Crippen molar-refractivity contribution in [1.29, 1.82) is 0 Å². The van der Waals surface area contributed by atoms with Crippen molar-refractivity contribution in [1.82, 2.24) is 18.9 Å². The molecule has 5 heteroatoms. The van der Waals surface area contributed by atoms with Gasteiger partial charge in [0.25, 0.3) is 0 Å². The summed E-state index contributed by atoms with van der Waals surface area (Å²) < 4.78 is 5.36. The Balaban J connectivity index is 1.74. The van der Waals surface area contributed by atoms with E-state index in [0.29, 0.717) is 12.6 Å². The van der Waals surface area contributed by atoms with Crippen LogP contribution in [0.3, 0.4) is 0 Å². The Kier molecular flexibility index (Phi) is 3.27. The number of nitrogens with zero attached hydrogens (tertiary/aromatic N) is 4. The van der Waals surface area contributed by atoms with Crippen molar-refractivity contribution in [2.75, 3.05) is 0 Å². The predicted molar refractivity (Wildman–Crippen MR) is 73.1 cm³/mol. The summed E-state index contributed by atoms with van der Waals surface area (Å²) in [6.07, 6.45) is 12.1. The summed E-state index contributed by atoms with van der Waals surface area (Å²) in [5, 5.41) is 4.63. The second-order valence-electron chi connectivity index (χ2n) is 5.40. The van der Waals surface area contributed by atoms with Crippen LogP contribution in [0.25, 0.3) is 0 Å². The van der Waals surface area contributed by atoms with Crippen LogP contribution in [0.1, 0.15) is 43.8 Å². The second kappa shape index (κ2) is 5.07. The van der Waals surface area contributed by atoms with Crippen molar-refractivity contribution >= 4 is 0 Å². The Hall–Kier alpha value is -1.78. The summed E-state index contributed by atoms with van der Waals surface area (Å²) in [5.74, 6) is 0. The maximum atomic E-state index is 11.8. The minimum absolute atomic E-state index is 0.00668. The molecular weight excluding hydrogens is 240 g/mol. The SMILES string of the molecule is Cn1ccn(Cc2ccn(C3CCCCC3)n2)c1=O. The van der Waals surface area contributed by atoms with Gasteiger partial charge in [-0.25, -0.2) is 4.79 Å². The van der Waals surface area contributed by atoms with E-state index in [-0.39, 0.29) is 5.69 Å². The summed E-state index contributed by atoms with van der Waals surface area (Å²) in [6.45, 7) is 0.555. The van der Waals surface area contributed by atoms with E-state index in [1.54, 1.807) is 22.4 Å². The minimum Gasteiger partial charge on any atom is -0.302 e. The highest BCUT2D eigenvalue weighted by molar-refractivity contribution is 5.01. The van der Waals surface area contributed by atoms with Gasteiger partial charge in [0, 0.05) is 25.6 Å². The Morgan fingerprint density at radius 1 is 1.21 bits per heavy atom. The Bertz CT molecular complexity index is 601. The molecule has 0 aliphatic heterocycles. The molecule has 1 aliphatic rings. The molecule has 0 spiro atoms. The lowest BCUT2D eigenvalue weighted by Gasteiger charge is -2.21. The highest BCUT2D eigenvalue weighted by Crippen LogP contribution is 2.27. The van der Waals surface area contributed by atoms with Gasteiger partial charge in [-0.1, -0.05) is 19.3 Å². The molecule has 0 N–H and O–H groups in total. The van der Waals surface area contributed by atoms with Crippen molar-refractivity contribution in [3.05, 3.63) is 40.8 Å². The third-order valence-corrected chi connectivity index (χ3v) is 3.96. The van der Waals surface area contributed by atoms with E-state index in [1.807, 2.05) is 12.3 Å². The van der Waals surface area contributed by atoms with Crippen LogP contribution >= 0.6 is 0 Å². The first-order chi connectivity index (χ1) is 9.24. The largest absolute Gasteiger partial charge is 0.328 e. The fourth-order valence-electron chi connectivity index (χ4n) is 2.82. The van der Waals surface area contributed by atoms with Gasteiger partial charge in [-0.3, -0.25) is 9.25 Å². The highest BCUT2D eigenvalue weighted by atomic mass is 16.1. The van der Waals surface area contributed by atoms with Crippen molar-refractivity contribution in [3.63, 3.8) is 0 Å². The summed E-state index contributed by atoms with van der Waals surface area (Å²) in [6, 6.07) is 2.57. The molecule has 0 bridgehead atoms. The van der Waals surface area contributed by atoms with Crippen molar-refractivity contribution in [2.45, 2.75) is 44.7 Å².